The van der Waals surface area contributed by atoms with Crippen molar-refractivity contribution in [2.75, 3.05) is 6.54 Å². The zero-order valence-electron chi connectivity index (χ0n) is 10.9. The number of aromatic carboxylic acids is 1. The van der Waals surface area contributed by atoms with E-state index in [9.17, 15) is 9.59 Å². The fourth-order valence-electron chi connectivity index (χ4n) is 1.82. The predicted octanol–water partition coefficient (Wildman–Crippen LogP) is 0.502. The third kappa shape index (κ3) is 3.02. The van der Waals surface area contributed by atoms with E-state index in [2.05, 4.69) is 25.5 Å². The van der Waals surface area contributed by atoms with E-state index in [1.165, 1.54) is 6.33 Å². The van der Waals surface area contributed by atoms with Gasteiger partial charge in [-0.05, 0) is 25.3 Å². The summed E-state index contributed by atoms with van der Waals surface area (Å²) < 4.78 is 0. The highest BCUT2D eigenvalue weighted by molar-refractivity contribution is 6.02. The lowest BCUT2D eigenvalue weighted by molar-refractivity contribution is 0.0685. The third-order valence-corrected chi connectivity index (χ3v) is 2.91. The molecular weight excluding hydrogens is 262 g/mol. The molecule has 0 bridgehead atoms. The Labute approximate surface area is 114 Å². The number of aromatic nitrogens is 4. The molecule has 4 N–H and O–H groups in total. The number of nitrogens with one attached hydrogen (secondary N) is 3. The Kier molecular flexibility index (Phi) is 4.14. The van der Waals surface area contributed by atoms with Gasteiger partial charge in [-0.1, -0.05) is 0 Å². The van der Waals surface area contributed by atoms with Crippen LogP contribution >= 0.6 is 0 Å². The normalized spacial score (nSPS) is 10.4. The molecule has 2 rings (SSSR count). The Hall–Kier alpha value is -2.64. The molecule has 0 spiro atoms. The van der Waals surface area contributed by atoms with Gasteiger partial charge in [-0.15, -0.1) is 0 Å². The van der Waals surface area contributed by atoms with Gasteiger partial charge in [0, 0.05) is 12.2 Å². The lowest BCUT2D eigenvalue weighted by atomic mass is 10.1. The number of H-pyrrole nitrogens is 2. The molecule has 0 unspecified atom stereocenters. The van der Waals surface area contributed by atoms with E-state index in [0.29, 0.717) is 6.54 Å². The standard InChI is InChI=1S/C12H15N5O3/c1-7-8(5-16-17-7)3-2-4-13-11(18)9-10(12(19)20)15-6-14-9/h5-6H,2-4H2,1H3,(H,13,18)(H,14,15)(H,16,17)(H,19,20). The van der Waals surface area contributed by atoms with Gasteiger partial charge in [0.1, 0.15) is 0 Å². The first-order valence-corrected chi connectivity index (χ1v) is 6.13. The van der Waals surface area contributed by atoms with Crippen molar-refractivity contribution < 1.29 is 14.7 Å². The zero-order valence-corrected chi connectivity index (χ0v) is 10.9. The summed E-state index contributed by atoms with van der Waals surface area (Å²) in [5, 5.41) is 18.3. The molecule has 0 aliphatic rings. The van der Waals surface area contributed by atoms with Crippen molar-refractivity contribution in [3.63, 3.8) is 0 Å². The number of hydrogen-bond donors (Lipinski definition) is 4. The second-order valence-electron chi connectivity index (χ2n) is 4.31. The summed E-state index contributed by atoms with van der Waals surface area (Å²) in [5.74, 6) is -1.70. The minimum Gasteiger partial charge on any atom is -0.477 e. The molecule has 2 aromatic rings. The lowest BCUT2D eigenvalue weighted by Crippen LogP contribution is -2.26. The van der Waals surface area contributed by atoms with Crippen LogP contribution in [0.2, 0.25) is 0 Å². The van der Waals surface area contributed by atoms with Crippen LogP contribution < -0.4 is 5.32 Å². The van der Waals surface area contributed by atoms with Gasteiger partial charge in [0.25, 0.3) is 5.91 Å². The first-order valence-electron chi connectivity index (χ1n) is 6.13. The fourth-order valence-corrected chi connectivity index (χ4v) is 1.82. The molecule has 0 saturated heterocycles. The molecule has 8 heteroatoms. The molecule has 0 atom stereocenters. The Morgan fingerprint density at radius 1 is 1.45 bits per heavy atom. The van der Waals surface area contributed by atoms with Crippen LogP contribution in [0.25, 0.3) is 0 Å². The maximum absolute atomic E-state index is 11.8. The summed E-state index contributed by atoms with van der Waals surface area (Å²) in [6.45, 7) is 2.37. The number of aryl methyl sites for hydroxylation is 2. The number of carboxylic acid groups (broad SMARTS) is 1. The zero-order chi connectivity index (χ0) is 14.5. The number of imidazole rings is 1. The number of carbonyl (C=O) groups is 2. The van der Waals surface area contributed by atoms with Crippen LogP contribution in [0.5, 0.6) is 0 Å². The third-order valence-electron chi connectivity index (χ3n) is 2.91. The van der Waals surface area contributed by atoms with Crippen LogP contribution in [-0.4, -0.2) is 43.7 Å². The number of carboxylic acids is 1. The monoisotopic (exact) mass is 277 g/mol. The molecule has 20 heavy (non-hydrogen) atoms. The van der Waals surface area contributed by atoms with E-state index in [1.54, 1.807) is 6.20 Å². The quantitative estimate of drug-likeness (QED) is 0.572. The van der Waals surface area contributed by atoms with Crippen molar-refractivity contribution >= 4 is 11.9 Å². The summed E-state index contributed by atoms with van der Waals surface area (Å²) in [4.78, 5) is 28.8. The minimum absolute atomic E-state index is 0.100. The predicted molar refractivity (Wildman–Crippen MR) is 69.5 cm³/mol. The average molecular weight is 277 g/mol. The van der Waals surface area contributed by atoms with Gasteiger partial charge in [0.2, 0.25) is 0 Å². The van der Waals surface area contributed by atoms with Gasteiger partial charge in [-0.2, -0.15) is 5.10 Å². The summed E-state index contributed by atoms with van der Waals surface area (Å²) in [6, 6.07) is 0. The van der Waals surface area contributed by atoms with E-state index in [1.807, 2.05) is 6.92 Å². The van der Waals surface area contributed by atoms with Crippen molar-refractivity contribution in [2.24, 2.45) is 0 Å². The summed E-state index contributed by atoms with van der Waals surface area (Å²) >= 11 is 0. The molecule has 1 amide bonds. The Morgan fingerprint density at radius 2 is 2.25 bits per heavy atom. The topological polar surface area (TPSA) is 124 Å². The molecule has 2 heterocycles. The molecule has 0 aliphatic heterocycles. The van der Waals surface area contributed by atoms with Crippen LogP contribution in [0.3, 0.4) is 0 Å². The van der Waals surface area contributed by atoms with E-state index in [0.717, 1.165) is 24.1 Å². The van der Waals surface area contributed by atoms with Crippen molar-refractivity contribution in [2.45, 2.75) is 19.8 Å². The SMILES string of the molecule is Cc1[nH]ncc1CCCNC(=O)c1nc[nH]c1C(=O)O. The molecule has 8 nitrogen and oxygen atoms in total. The summed E-state index contributed by atoms with van der Waals surface area (Å²) in [7, 11) is 0. The number of hydrogen-bond acceptors (Lipinski definition) is 4. The maximum atomic E-state index is 11.8. The maximum Gasteiger partial charge on any atom is 0.354 e. The molecule has 0 fully saturated rings. The highest BCUT2D eigenvalue weighted by Crippen LogP contribution is 2.06. The molecule has 2 aromatic heterocycles. The summed E-state index contributed by atoms with van der Waals surface area (Å²) in [5.41, 5.74) is 1.81. The minimum atomic E-state index is -1.21. The smallest absolute Gasteiger partial charge is 0.354 e. The molecule has 0 aliphatic carbocycles. The lowest BCUT2D eigenvalue weighted by Gasteiger charge is -2.03. The molecule has 0 aromatic carbocycles. The van der Waals surface area contributed by atoms with Crippen molar-refractivity contribution in [3.8, 4) is 0 Å². The van der Waals surface area contributed by atoms with Crippen molar-refractivity contribution in [1.29, 1.82) is 0 Å². The van der Waals surface area contributed by atoms with Gasteiger partial charge in [-0.25, -0.2) is 9.78 Å². The number of nitrogens with zero attached hydrogens (tertiary/aromatic N) is 2. The first-order chi connectivity index (χ1) is 9.59. The largest absolute Gasteiger partial charge is 0.477 e. The average Bonchev–Trinajstić information content (AvgIpc) is 3.03. The number of amides is 1. The van der Waals surface area contributed by atoms with Gasteiger partial charge in [-0.3, -0.25) is 9.89 Å². The Balaban J connectivity index is 1.82. The fraction of sp³-hybridized carbons (Fsp3) is 0.333. The van der Waals surface area contributed by atoms with Crippen LogP contribution in [-0.2, 0) is 6.42 Å². The van der Waals surface area contributed by atoms with Crippen LogP contribution in [0.4, 0.5) is 0 Å². The highest BCUT2D eigenvalue weighted by Gasteiger charge is 2.18. The van der Waals surface area contributed by atoms with Crippen molar-refractivity contribution in [1.82, 2.24) is 25.5 Å². The number of carbonyl (C=O) groups excluding carboxylic acids is 1. The second kappa shape index (κ2) is 6.00. The number of aromatic amines is 2. The Morgan fingerprint density at radius 3 is 2.90 bits per heavy atom. The van der Waals surface area contributed by atoms with Crippen LogP contribution in [0.15, 0.2) is 12.5 Å². The highest BCUT2D eigenvalue weighted by atomic mass is 16.4. The van der Waals surface area contributed by atoms with Crippen LogP contribution in [0.1, 0.15) is 38.7 Å². The van der Waals surface area contributed by atoms with Gasteiger partial charge < -0.3 is 15.4 Å². The Bertz CT molecular complexity index is 616. The van der Waals surface area contributed by atoms with E-state index in [4.69, 9.17) is 5.11 Å². The van der Waals surface area contributed by atoms with E-state index >= 15 is 0 Å². The van der Waals surface area contributed by atoms with Crippen LogP contribution in [0, 0.1) is 6.92 Å². The molecule has 0 radical (unpaired) electrons. The molecular formula is C12H15N5O3. The molecule has 0 saturated carbocycles. The van der Waals surface area contributed by atoms with Crippen molar-refractivity contribution in [3.05, 3.63) is 35.2 Å². The van der Waals surface area contributed by atoms with Gasteiger partial charge >= 0.3 is 5.97 Å². The van der Waals surface area contributed by atoms with E-state index < -0.39 is 11.9 Å². The second-order valence-corrected chi connectivity index (χ2v) is 4.31. The van der Waals surface area contributed by atoms with E-state index in [-0.39, 0.29) is 11.4 Å². The van der Waals surface area contributed by atoms with Gasteiger partial charge in [0.05, 0.1) is 12.5 Å². The van der Waals surface area contributed by atoms with Gasteiger partial charge in [0.15, 0.2) is 11.4 Å². The summed E-state index contributed by atoms with van der Waals surface area (Å²) in [6.07, 6.45) is 4.47. The molecule has 106 valence electrons. The number of rotatable bonds is 6. The first kappa shape index (κ1) is 13.8.